The van der Waals surface area contributed by atoms with Gasteiger partial charge in [-0.2, -0.15) is 4.98 Å². The molecule has 0 saturated heterocycles. The van der Waals surface area contributed by atoms with Gasteiger partial charge in [0.05, 0.1) is 5.41 Å². The molecule has 1 aromatic carbocycles. The lowest BCUT2D eigenvalue weighted by molar-refractivity contribution is 0.400. The van der Waals surface area contributed by atoms with Crippen molar-refractivity contribution >= 4 is 17.3 Å². The van der Waals surface area contributed by atoms with Crippen LogP contribution < -0.4 is 0 Å². The van der Waals surface area contributed by atoms with Crippen molar-refractivity contribution in [2.75, 3.05) is 0 Å². The average Bonchev–Trinajstić information content (AvgIpc) is 3.17. The summed E-state index contributed by atoms with van der Waals surface area (Å²) in [4.78, 5) is 4.34. The molecule has 3 rings (SSSR count). The maximum atomic E-state index is 13.2. The van der Waals surface area contributed by atoms with Gasteiger partial charge in [-0.25, -0.2) is 4.39 Å². The van der Waals surface area contributed by atoms with Gasteiger partial charge in [0.1, 0.15) is 11.5 Å². The molecular weight excluding hydrogens is 329 g/mol. The highest BCUT2D eigenvalue weighted by Crippen LogP contribution is 2.54. The van der Waals surface area contributed by atoms with Gasteiger partial charge in [0.25, 0.3) is 5.89 Å². The van der Waals surface area contributed by atoms with Crippen LogP contribution in [0.1, 0.15) is 57.8 Å². The Labute approximate surface area is 146 Å². The molecule has 0 aliphatic heterocycles. The highest BCUT2D eigenvalue weighted by Gasteiger charge is 2.51. The molecule has 0 atom stereocenters. The number of benzene rings is 1. The van der Waals surface area contributed by atoms with Crippen molar-refractivity contribution in [2.45, 2.75) is 46.0 Å². The zero-order valence-corrected chi connectivity index (χ0v) is 15.0. The van der Waals surface area contributed by atoms with Gasteiger partial charge in [-0.05, 0) is 50.5 Å². The number of nitrogens with one attached hydrogen (secondary N) is 1. The van der Waals surface area contributed by atoms with Crippen molar-refractivity contribution in [1.29, 1.82) is 5.41 Å². The predicted octanol–water partition coefficient (Wildman–Crippen LogP) is 5.30. The van der Waals surface area contributed by atoms with E-state index in [1.54, 1.807) is 12.1 Å². The molecule has 1 fully saturated rings. The van der Waals surface area contributed by atoms with E-state index in [-0.39, 0.29) is 17.4 Å². The van der Waals surface area contributed by atoms with Gasteiger partial charge < -0.3 is 4.52 Å². The first kappa shape index (κ1) is 18.3. The molecule has 4 nitrogen and oxygen atoms in total. The molecule has 0 radical (unpaired) electrons. The quantitative estimate of drug-likeness (QED) is 0.761. The number of rotatable bonds is 4. The summed E-state index contributed by atoms with van der Waals surface area (Å²) < 4.78 is 18.4. The molecule has 1 N–H and O–H groups in total. The lowest BCUT2D eigenvalue weighted by Gasteiger charge is -2.12. The second-order valence-electron chi connectivity index (χ2n) is 5.76. The maximum Gasteiger partial charge on any atom is 0.275 e. The summed E-state index contributed by atoms with van der Waals surface area (Å²) in [5.74, 6) is 0.312. The lowest BCUT2D eigenvalue weighted by atomic mass is 9.95. The second-order valence-corrected chi connectivity index (χ2v) is 6.17. The molecule has 1 saturated carbocycles. The Morgan fingerprint density at radius 1 is 1.33 bits per heavy atom. The van der Waals surface area contributed by atoms with Gasteiger partial charge in [0, 0.05) is 5.02 Å². The summed E-state index contributed by atoms with van der Waals surface area (Å²) in [7, 11) is 0. The largest absolute Gasteiger partial charge is 0.332 e. The summed E-state index contributed by atoms with van der Waals surface area (Å²) >= 11 is 6.16. The summed E-state index contributed by atoms with van der Waals surface area (Å²) in [6.45, 7) is 7.79. The smallest absolute Gasteiger partial charge is 0.275 e. The zero-order chi connectivity index (χ0) is 17.9. The van der Waals surface area contributed by atoms with E-state index in [9.17, 15) is 4.39 Å². The minimum absolute atomic E-state index is 0.180. The van der Waals surface area contributed by atoms with Gasteiger partial charge in [-0.3, -0.25) is 5.41 Å². The number of aromatic nitrogens is 2. The Morgan fingerprint density at radius 3 is 2.54 bits per heavy atom. The highest BCUT2D eigenvalue weighted by atomic mass is 35.5. The van der Waals surface area contributed by atoms with E-state index >= 15 is 0 Å². The Balaban J connectivity index is 0.00000100. The Hall–Kier alpha value is -2.01. The topological polar surface area (TPSA) is 62.8 Å². The summed E-state index contributed by atoms with van der Waals surface area (Å²) in [5, 5.41) is 12.3. The fourth-order valence-electron chi connectivity index (χ4n) is 2.49. The van der Waals surface area contributed by atoms with Crippen LogP contribution in [0.15, 0.2) is 34.4 Å². The van der Waals surface area contributed by atoms with Crippen LogP contribution >= 0.6 is 11.6 Å². The minimum atomic E-state index is -0.419. The van der Waals surface area contributed by atoms with Crippen LogP contribution in [0.25, 0.3) is 0 Å². The molecule has 128 valence electrons. The van der Waals surface area contributed by atoms with Crippen LogP contribution in [0.2, 0.25) is 5.02 Å². The third-order valence-electron chi connectivity index (χ3n) is 3.71. The number of nitrogens with zero attached hydrogens (tertiary/aromatic N) is 2. The van der Waals surface area contributed by atoms with Crippen molar-refractivity contribution in [1.82, 2.24) is 10.1 Å². The normalized spacial score (nSPS) is 14.4. The molecule has 0 spiro atoms. The molecule has 0 unspecified atom stereocenters. The van der Waals surface area contributed by atoms with E-state index in [1.165, 1.54) is 12.1 Å². The van der Waals surface area contributed by atoms with Gasteiger partial charge in [0.2, 0.25) is 0 Å². The molecule has 24 heavy (non-hydrogen) atoms. The van der Waals surface area contributed by atoms with Crippen molar-refractivity contribution < 1.29 is 8.91 Å². The molecule has 1 heterocycles. The lowest BCUT2D eigenvalue weighted by Crippen LogP contribution is -2.12. The zero-order valence-electron chi connectivity index (χ0n) is 14.3. The van der Waals surface area contributed by atoms with E-state index < -0.39 is 5.41 Å². The molecule has 1 aromatic heterocycles. The number of allylic oxidation sites excluding steroid dienone is 2. The molecule has 1 aliphatic rings. The van der Waals surface area contributed by atoms with Crippen LogP contribution in [-0.2, 0) is 5.41 Å². The number of hydrogen-bond acceptors (Lipinski definition) is 4. The van der Waals surface area contributed by atoms with E-state index in [0.717, 1.165) is 24.0 Å². The molecule has 1 aliphatic carbocycles. The van der Waals surface area contributed by atoms with Crippen LogP contribution in [0.5, 0.6) is 0 Å². The average molecular weight is 350 g/mol. The van der Waals surface area contributed by atoms with Crippen molar-refractivity contribution in [3.8, 4) is 0 Å². The number of hydrogen-bond donors (Lipinski definition) is 1. The minimum Gasteiger partial charge on any atom is -0.332 e. The third-order valence-corrected chi connectivity index (χ3v) is 4.03. The fraction of sp³-hybridized carbons (Fsp3) is 0.389. The summed E-state index contributed by atoms with van der Waals surface area (Å²) in [5.41, 5.74) is 1.54. The molecular formula is C18H21ClFN3O. The van der Waals surface area contributed by atoms with Crippen molar-refractivity contribution in [3.05, 3.63) is 58.0 Å². The maximum absolute atomic E-state index is 13.2. The first-order valence-electron chi connectivity index (χ1n) is 7.96. The van der Waals surface area contributed by atoms with E-state index in [4.69, 9.17) is 21.5 Å². The van der Waals surface area contributed by atoms with Gasteiger partial charge in [-0.15, -0.1) is 0 Å². The predicted molar refractivity (Wildman–Crippen MR) is 93.3 cm³/mol. The first-order chi connectivity index (χ1) is 11.4. The highest BCUT2D eigenvalue weighted by molar-refractivity contribution is 6.31. The molecule has 0 bridgehead atoms. The van der Waals surface area contributed by atoms with Crippen LogP contribution in [0, 0.1) is 11.2 Å². The standard InChI is InChI=1S/C16H15ClFN3O.C2H6/c1-9(2)7-13(19)14-20-15(21-22-14)16(5-6-16)11-4-3-10(18)8-12(11)17;1-2/h3-4,7-8,19H,5-6H2,1-2H3;1-2H3. The summed E-state index contributed by atoms with van der Waals surface area (Å²) in [6, 6.07) is 4.35. The van der Waals surface area contributed by atoms with E-state index in [2.05, 4.69) is 10.1 Å². The van der Waals surface area contributed by atoms with E-state index in [1.807, 2.05) is 27.7 Å². The second kappa shape index (κ2) is 7.26. The monoisotopic (exact) mass is 349 g/mol. The molecule has 6 heteroatoms. The Bertz CT molecular complexity index is 774. The van der Waals surface area contributed by atoms with Gasteiger partial charge in [0.15, 0.2) is 5.82 Å². The SMILES string of the molecule is CC.CC(C)=CC(=N)c1nc(C2(c3ccc(F)cc3Cl)CC2)no1. The first-order valence-corrected chi connectivity index (χ1v) is 8.34. The fourth-order valence-corrected chi connectivity index (χ4v) is 2.84. The van der Waals surface area contributed by atoms with Crippen LogP contribution in [-0.4, -0.2) is 15.9 Å². The van der Waals surface area contributed by atoms with Crippen molar-refractivity contribution in [2.24, 2.45) is 0 Å². The van der Waals surface area contributed by atoms with Gasteiger partial charge in [-0.1, -0.05) is 42.2 Å². The Morgan fingerprint density at radius 2 is 2.00 bits per heavy atom. The Kier molecular flexibility index (Phi) is 5.54. The van der Waals surface area contributed by atoms with E-state index in [0.29, 0.717) is 10.8 Å². The third kappa shape index (κ3) is 3.56. The number of halogens is 2. The van der Waals surface area contributed by atoms with Crippen LogP contribution in [0.4, 0.5) is 4.39 Å². The molecule has 0 amide bonds. The summed E-state index contributed by atoms with van der Waals surface area (Å²) in [6.07, 6.45) is 3.32. The van der Waals surface area contributed by atoms with Gasteiger partial charge >= 0.3 is 0 Å². The van der Waals surface area contributed by atoms with Crippen LogP contribution in [0.3, 0.4) is 0 Å². The van der Waals surface area contributed by atoms with Crippen molar-refractivity contribution in [3.63, 3.8) is 0 Å². The molecule has 2 aromatic rings.